The van der Waals surface area contributed by atoms with Crippen molar-refractivity contribution in [3.05, 3.63) is 11.9 Å². The molecule has 0 bridgehead atoms. The second-order valence-electron chi connectivity index (χ2n) is 3.88. The van der Waals surface area contributed by atoms with Gasteiger partial charge in [-0.1, -0.05) is 13.8 Å². The van der Waals surface area contributed by atoms with Crippen LogP contribution in [0.1, 0.15) is 32.4 Å². The second-order valence-corrected chi connectivity index (χ2v) is 3.88. The van der Waals surface area contributed by atoms with Gasteiger partial charge in [-0.05, 0) is 19.4 Å². The summed E-state index contributed by atoms with van der Waals surface area (Å²) in [6.07, 6.45) is 5.06. The van der Waals surface area contributed by atoms with Crippen LogP contribution >= 0.6 is 0 Å². The molecule has 0 amide bonds. The van der Waals surface area contributed by atoms with Crippen LogP contribution in [0, 0.1) is 0 Å². The van der Waals surface area contributed by atoms with E-state index in [2.05, 4.69) is 24.3 Å². The first kappa shape index (κ1) is 13.0. The van der Waals surface area contributed by atoms with Crippen molar-refractivity contribution in [3.8, 4) is 5.75 Å². The first-order chi connectivity index (χ1) is 7.83. The van der Waals surface area contributed by atoms with E-state index in [1.54, 1.807) is 7.11 Å². The van der Waals surface area contributed by atoms with Gasteiger partial charge in [-0.25, -0.2) is 0 Å². The molecule has 1 heterocycles. The highest BCUT2D eigenvalue weighted by atomic mass is 16.5. The zero-order chi connectivity index (χ0) is 11.8. The van der Waals surface area contributed by atoms with E-state index < -0.39 is 0 Å². The fourth-order valence-electron chi connectivity index (χ4n) is 1.73. The van der Waals surface area contributed by atoms with E-state index >= 15 is 0 Å². The molecular weight excluding hydrogens is 202 g/mol. The summed E-state index contributed by atoms with van der Waals surface area (Å²) in [4.78, 5) is 0. The lowest BCUT2D eigenvalue weighted by molar-refractivity contribution is 0.406. The van der Waals surface area contributed by atoms with E-state index in [9.17, 15) is 0 Å². The number of nitrogens with one attached hydrogen (secondary N) is 1. The number of ether oxygens (including phenoxy) is 1. The van der Waals surface area contributed by atoms with Gasteiger partial charge in [0.25, 0.3) is 0 Å². The van der Waals surface area contributed by atoms with Crippen molar-refractivity contribution < 1.29 is 4.74 Å². The highest BCUT2D eigenvalue weighted by Crippen LogP contribution is 2.17. The van der Waals surface area contributed by atoms with Gasteiger partial charge in [0.05, 0.1) is 19.0 Å². The molecule has 0 radical (unpaired) electrons. The van der Waals surface area contributed by atoms with E-state index in [1.807, 2.05) is 10.9 Å². The fraction of sp³-hybridized carbons (Fsp3) is 0.750. The molecule has 4 nitrogen and oxygen atoms in total. The minimum Gasteiger partial charge on any atom is -0.493 e. The molecule has 0 atom stereocenters. The highest BCUT2D eigenvalue weighted by Gasteiger charge is 2.09. The fourth-order valence-corrected chi connectivity index (χ4v) is 1.73. The zero-order valence-corrected chi connectivity index (χ0v) is 10.6. The molecule has 1 aromatic heterocycles. The van der Waals surface area contributed by atoms with Gasteiger partial charge in [0.15, 0.2) is 5.75 Å². The lowest BCUT2D eigenvalue weighted by Crippen LogP contribution is -2.19. The summed E-state index contributed by atoms with van der Waals surface area (Å²) in [7, 11) is 1.70. The Balaban J connectivity index is 2.56. The Morgan fingerprint density at radius 2 is 2.12 bits per heavy atom. The summed E-state index contributed by atoms with van der Waals surface area (Å²) in [5, 5.41) is 7.74. The zero-order valence-electron chi connectivity index (χ0n) is 10.6. The monoisotopic (exact) mass is 225 g/mol. The van der Waals surface area contributed by atoms with Crippen LogP contribution in [0.2, 0.25) is 0 Å². The first-order valence-corrected chi connectivity index (χ1v) is 6.12. The lowest BCUT2D eigenvalue weighted by Gasteiger charge is -2.08. The van der Waals surface area contributed by atoms with Gasteiger partial charge >= 0.3 is 0 Å². The van der Waals surface area contributed by atoms with Crippen LogP contribution in [0.3, 0.4) is 0 Å². The smallest absolute Gasteiger partial charge is 0.159 e. The Morgan fingerprint density at radius 3 is 2.75 bits per heavy atom. The maximum atomic E-state index is 5.32. The first-order valence-electron chi connectivity index (χ1n) is 6.12. The number of aryl methyl sites for hydroxylation is 1. The van der Waals surface area contributed by atoms with Crippen LogP contribution < -0.4 is 10.1 Å². The van der Waals surface area contributed by atoms with E-state index in [4.69, 9.17) is 4.74 Å². The Morgan fingerprint density at radius 1 is 1.31 bits per heavy atom. The maximum Gasteiger partial charge on any atom is 0.159 e. The van der Waals surface area contributed by atoms with Crippen LogP contribution in [0.25, 0.3) is 0 Å². The topological polar surface area (TPSA) is 39.1 Å². The summed E-state index contributed by atoms with van der Waals surface area (Å²) in [6.45, 7) is 7.36. The van der Waals surface area contributed by atoms with Crippen LogP contribution in [0.4, 0.5) is 0 Å². The summed E-state index contributed by atoms with van der Waals surface area (Å²) in [6, 6.07) is 0. The summed E-state index contributed by atoms with van der Waals surface area (Å²) >= 11 is 0. The molecule has 1 N–H and O–H groups in total. The molecule has 1 aromatic rings. The molecule has 16 heavy (non-hydrogen) atoms. The average molecular weight is 225 g/mol. The number of rotatable bonds is 8. The van der Waals surface area contributed by atoms with E-state index in [-0.39, 0.29) is 0 Å². The van der Waals surface area contributed by atoms with Gasteiger partial charge in [0.2, 0.25) is 0 Å². The normalized spacial score (nSPS) is 10.7. The summed E-state index contributed by atoms with van der Waals surface area (Å²) in [5.74, 6) is 0.909. The van der Waals surface area contributed by atoms with Crippen LogP contribution in [-0.4, -0.2) is 30.0 Å². The van der Waals surface area contributed by atoms with Crippen molar-refractivity contribution in [2.45, 2.75) is 39.7 Å². The number of aromatic nitrogens is 2. The highest BCUT2D eigenvalue weighted by molar-refractivity contribution is 5.25. The molecule has 92 valence electrons. The Kier molecular flexibility index (Phi) is 5.93. The SMILES string of the molecule is CCCNCCc1c(OC)cnn1CCC. The third kappa shape index (κ3) is 3.52. The third-order valence-corrected chi connectivity index (χ3v) is 2.53. The largest absolute Gasteiger partial charge is 0.493 e. The molecule has 0 saturated heterocycles. The van der Waals surface area contributed by atoms with Crippen molar-refractivity contribution in [1.82, 2.24) is 15.1 Å². The van der Waals surface area contributed by atoms with E-state index in [0.29, 0.717) is 0 Å². The standard InChI is InChI=1S/C12H23N3O/c1-4-7-13-8-6-11-12(16-3)10-14-15(11)9-5-2/h10,13H,4-9H2,1-3H3. The summed E-state index contributed by atoms with van der Waals surface area (Å²) < 4.78 is 7.37. The molecule has 0 aliphatic heterocycles. The van der Waals surface area contributed by atoms with Crippen molar-refractivity contribution in [2.24, 2.45) is 0 Å². The second kappa shape index (κ2) is 7.28. The van der Waals surface area contributed by atoms with Crippen LogP contribution in [0.5, 0.6) is 5.75 Å². The van der Waals surface area contributed by atoms with Crippen molar-refractivity contribution >= 4 is 0 Å². The number of hydrogen-bond donors (Lipinski definition) is 1. The lowest BCUT2D eigenvalue weighted by atomic mass is 10.2. The van der Waals surface area contributed by atoms with Gasteiger partial charge in [-0.15, -0.1) is 0 Å². The molecule has 0 fully saturated rings. The average Bonchev–Trinajstić information content (AvgIpc) is 2.68. The van der Waals surface area contributed by atoms with Gasteiger partial charge in [-0.3, -0.25) is 4.68 Å². The third-order valence-electron chi connectivity index (χ3n) is 2.53. The van der Waals surface area contributed by atoms with Gasteiger partial charge in [0.1, 0.15) is 0 Å². The Bertz CT molecular complexity index is 296. The minimum atomic E-state index is 0.909. The van der Waals surface area contributed by atoms with Crippen LogP contribution in [-0.2, 0) is 13.0 Å². The molecule has 0 unspecified atom stereocenters. The Labute approximate surface area is 98.0 Å². The number of methoxy groups -OCH3 is 1. The molecule has 1 rings (SSSR count). The van der Waals surface area contributed by atoms with Gasteiger partial charge < -0.3 is 10.1 Å². The molecular formula is C12H23N3O. The predicted octanol–water partition coefficient (Wildman–Crippen LogP) is 1.84. The Hall–Kier alpha value is -1.03. The van der Waals surface area contributed by atoms with E-state index in [1.165, 1.54) is 12.1 Å². The molecule has 0 aromatic carbocycles. The van der Waals surface area contributed by atoms with Crippen molar-refractivity contribution in [1.29, 1.82) is 0 Å². The number of nitrogens with zero attached hydrogens (tertiary/aromatic N) is 2. The van der Waals surface area contributed by atoms with E-state index in [0.717, 1.165) is 38.2 Å². The predicted molar refractivity (Wildman–Crippen MR) is 65.9 cm³/mol. The van der Waals surface area contributed by atoms with Crippen molar-refractivity contribution in [3.63, 3.8) is 0 Å². The molecule has 0 saturated carbocycles. The van der Waals surface area contributed by atoms with Crippen molar-refractivity contribution in [2.75, 3.05) is 20.2 Å². The van der Waals surface area contributed by atoms with Gasteiger partial charge in [-0.2, -0.15) is 5.10 Å². The van der Waals surface area contributed by atoms with Crippen LogP contribution in [0.15, 0.2) is 6.20 Å². The molecule has 0 aliphatic carbocycles. The molecule has 0 aliphatic rings. The maximum absolute atomic E-state index is 5.32. The number of hydrogen-bond acceptors (Lipinski definition) is 3. The quantitative estimate of drug-likeness (QED) is 0.686. The summed E-state index contributed by atoms with van der Waals surface area (Å²) in [5.41, 5.74) is 1.20. The van der Waals surface area contributed by atoms with Gasteiger partial charge in [0, 0.05) is 19.5 Å². The minimum absolute atomic E-state index is 0.909. The molecule has 4 heteroatoms. The molecule has 0 spiro atoms.